The number of carbonyl (C=O) groups excluding carboxylic acids is 1. The van der Waals surface area contributed by atoms with E-state index in [1.54, 1.807) is 6.92 Å². The first-order valence-electron chi connectivity index (χ1n) is 6.40. The molecule has 0 fully saturated rings. The lowest BCUT2D eigenvalue weighted by Crippen LogP contribution is -2.24. The number of rotatable bonds is 4. The zero-order chi connectivity index (χ0) is 16.5. The summed E-state index contributed by atoms with van der Waals surface area (Å²) in [5.41, 5.74) is 2.35. The topological polar surface area (TPSA) is 128 Å². The highest BCUT2D eigenvalue weighted by atomic mass is 32.2. The van der Waals surface area contributed by atoms with Gasteiger partial charge in [-0.3, -0.25) is 4.79 Å². The molecule has 8 nitrogen and oxygen atoms in total. The fraction of sp³-hybridized carbons (Fsp3) is 0.308. The zero-order valence-corrected chi connectivity index (χ0v) is 13.2. The van der Waals surface area contributed by atoms with E-state index in [0.717, 1.165) is 23.0 Å². The lowest BCUT2D eigenvalue weighted by Gasteiger charge is -2.10. The summed E-state index contributed by atoms with van der Waals surface area (Å²) in [6.07, 6.45) is 0. The van der Waals surface area contributed by atoms with E-state index in [9.17, 15) is 13.2 Å². The van der Waals surface area contributed by atoms with Crippen LogP contribution in [0, 0.1) is 20.8 Å². The SMILES string of the molecule is Cc1nc(C)c(CNC(=O)c2ccc(S(N)(=O)=O)o2)c(C)n1. The molecule has 0 aliphatic carbocycles. The lowest BCUT2D eigenvalue weighted by molar-refractivity contribution is 0.0917. The first-order valence-corrected chi connectivity index (χ1v) is 7.94. The van der Waals surface area contributed by atoms with Crippen LogP contribution in [0.25, 0.3) is 0 Å². The molecule has 0 saturated heterocycles. The maximum atomic E-state index is 12.0. The molecule has 0 atom stereocenters. The number of hydrogen-bond acceptors (Lipinski definition) is 6. The summed E-state index contributed by atoms with van der Waals surface area (Å²) in [6.45, 7) is 5.66. The van der Waals surface area contributed by atoms with Gasteiger partial charge in [0.2, 0.25) is 5.09 Å². The van der Waals surface area contributed by atoms with Crippen molar-refractivity contribution in [2.24, 2.45) is 5.14 Å². The van der Waals surface area contributed by atoms with Gasteiger partial charge in [0.1, 0.15) is 5.82 Å². The summed E-state index contributed by atoms with van der Waals surface area (Å²) in [5, 5.41) is 7.10. The van der Waals surface area contributed by atoms with Crippen molar-refractivity contribution >= 4 is 15.9 Å². The third kappa shape index (κ3) is 3.49. The van der Waals surface area contributed by atoms with Crippen molar-refractivity contribution in [2.45, 2.75) is 32.4 Å². The molecule has 9 heteroatoms. The number of amides is 1. The van der Waals surface area contributed by atoms with Crippen LogP contribution in [-0.2, 0) is 16.6 Å². The molecule has 0 aromatic carbocycles. The van der Waals surface area contributed by atoms with Crippen molar-refractivity contribution in [1.29, 1.82) is 0 Å². The molecule has 0 spiro atoms. The van der Waals surface area contributed by atoms with E-state index in [-0.39, 0.29) is 12.3 Å². The van der Waals surface area contributed by atoms with Gasteiger partial charge in [0.15, 0.2) is 5.76 Å². The van der Waals surface area contributed by atoms with E-state index < -0.39 is 21.0 Å². The predicted molar refractivity (Wildman–Crippen MR) is 77.5 cm³/mol. The van der Waals surface area contributed by atoms with Gasteiger partial charge in [-0.1, -0.05) is 0 Å². The normalized spacial score (nSPS) is 11.5. The van der Waals surface area contributed by atoms with Crippen LogP contribution in [0.3, 0.4) is 0 Å². The monoisotopic (exact) mass is 324 g/mol. The summed E-state index contributed by atoms with van der Waals surface area (Å²) in [4.78, 5) is 20.4. The van der Waals surface area contributed by atoms with Crippen LogP contribution in [0.15, 0.2) is 21.6 Å². The molecule has 0 radical (unpaired) electrons. The Morgan fingerprint density at radius 2 is 1.82 bits per heavy atom. The fourth-order valence-corrected chi connectivity index (χ4v) is 2.48. The van der Waals surface area contributed by atoms with E-state index in [4.69, 9.17) is 9.56 Å². The van der Waals surface area contributed by atoms with E-state index in [1.807, 2.05) is 13.8 Å². The molecule has 0 aliphatic rings. The summed E-state index contributed by atoms with van der Waals surface area (Å²) in [7, 11) is -3.97. The molecule has 0 unspecified atom stereocenters. The molecule has 118 valence electrons. The number of nitrogens with one attached hydrogen (secondary N) is 1. The van der Waals surface area contributed by atoms with E-state index in [0.29, 0.717) is 5.82 Å². The van der Waals surface area contributed by atoms with Crippen LogP contribution in [-0.4, -0.2) is 24.3 Å². The van der Waals surface area contributed by atoms with Gasteiger partial charge in [0.25, 0.3) is 15.9 Å². The zero-order valence-electron chi connectivity index (χ0n) is 12.4. The summed E-state index contributed by atoms with van der Waals surface area (Å²) >= 11 is 0. The Labute approximate surface area is 127 Å². The average molecular weight is 324 g/mol. The summed E-state index contributed by atoms with van der Waals surface area (Å²) in [5.74, 6) is -0.0180. The van der Waals surface area contributed by atoms with Gasteiger partial charge in [-0.05, 0) is 32.9 Å². The Morgan fingerprint density at radius 3 is 2.32 bits per heavy atom. The van der Waals surface area contributed by atoms with Crippen molar-refractivity contribution in [3.8, 4) is 0 Å². The largest absolute Gasteiger partial charge is 0.438 e. The highest BCUT2D eigenvalue weighted by Gasteiger charge is 2.18. The highest BCUT2D eigenvalue weighted by Crippen LogP contribution is 2.13. The van der Waals surface area contributed by atoms with Crippen LogP contribution < -0.4 is 10.5 Å². The van der Waals surface area contributed by atoms with Crippen molar-refractivity contribution in [2.75, 3.05) is 0 Å². The Kier molecular flexibility index (Phi) is 4.29. The Bertz CT molecular complexity index is 803. The highest BCUT2D eigenvalue weighted by molar-refractivity contribution is 7.89. The number of carbonyl (C=O) groups is 1. The molecule has 2 heterocycles. The Hall–Kier alpha value is -2.26. The van der Waals surface area contributed by atoms with Crippen molar-refractivity contribution in [3.63, 3.8) is 0 Å². The van der Waals surface area contributed by atoms with Gasteiger partial charge in [-0.15, -0.1) is 0 Å². The maximum absolute atomic E-state index is 12.0. The quantitative estimate of drug-likeness (QED) is 0.846. The number of furan rings is 1. The number of aromatic nitrogens is 2. The minimum atomic E-state index is -3.97. The first-order chi connectivity index (χ1) is 10.2. The third-order valence-electron chi connectivity index (χ3n) is 3.04. The van der Waals surface area contributed by atoms with Gasteiger partial charge in [-0.2, -0.15) is 0 Å². The Balaban J connectivity index is 2.12. The van der Waals surface area contributed by atoms with Crippen molar-refractivity contribution in [1.82, 2.24) is 15.3 Å². The third-order valence-corrected chi connectivity index (χ3v) is 3.82. The maximum Gasteiger partial charge on any atom is 0.287 e. The second-order valence-corrected chi connectivity index (χ2v) is 6.26. The molecule has 22 heavy (non-hydrogen) atoms. The predicted octanol–water partition coefficient (Wildman–Crippen LogP) is 0.572. The van der Waals surface area contributed by atoms with Crippen molar-refractivity contribution < 1.29 is 17.6 Å². The number of primary sulfonamides is 1. The lowest BCUT2D eigenvalue weighted by atomic mass is 10.1. The van der Waals surface area contributed by atoms with Crippen LogP contribution >= 0.6 is 0 Å². The van der Waals surface area contributed by atoms with E-state index >= 15 is 0 Å². The second kappa shape index (κ2) is 5.85. The van der Waals surface area contributed by atoms with Gasteiger partial charge < -0.3 is 9.73 Å². The molecule has 2 rings (SSSR count). The standard InChI is InChI=1S/C13H16N4O4S/c1-7-10(8(2)17-9(3)16-7)6-15-13(18)11-4-5-12(21-11)22(14,19)20/h4-5H,6H2,1-3H3,(H,15,18)(H2,14,19,20). The van der Waals surface area contributed by atoms with Gasteiger partial charge in [0.05, 0.1) is 0 Å². The number of sulfonamides is 1. The van der Waals surface area contributed by atoms with Gasteiger partial charge in [-0.25, -0.2) is 23.5 Å². The molecule has 2 aromatic rings. The van der Waals surface area contributed by atoms with Crippen molar-refractivity contribution in [3.05, 3.63) is 40.7 Å². The molecule has 0 bridgehead atoms. The molecule has 1 amide bonds. The van der Waals surface area contributed by atoms with Crippen LogP contribution in [0.2, 0.25) is 0 Å². The molecule has 0 saturated carbocycles. The minimum Gasteiger partial charge on any atom is -0.438 e. The second-order valence-electron chi connectivity index (χ2n) is 4.77. The van der Waals surface area contributed by atoms with E-state index in [1.165, 1.54) is 6.07 Å². The van der Waals surface area contributed by atoms with Gasteiger partial charge >= 0.3 is 0 Å². The van der Waals surface area contributed by atoms with E-state index in [2.05, 4.69) is 15.3 Å². The molecule has 2 aromatic heterocycles. The summed E-state index contributed by atoms with van der Waals surface area (Å²) < 4.78 is 27.1. The number of nitrogens with two attached hydrogens (primary N) is 1. The van der Waals surface area contributed by atoms with Gasteiger partial charge in [0, 0.05) is 23.5 Å². The first kappa shape index (κ1) is 16.1. The molecular weight excluding hydrogens is 308 g/mol. The van der Waals surface area contributed by atoms with Crippen LogP contribution in [0.1, 0.15) is 33.3 Å². The fourth-order valence-electron chi connectivity index (χ4n) is 2.01. The molecule has 3 N–H and O–H groups in total. The number of hydrogen-bond donors (Lipinski definition) is 2. The summed E-state index contributed by atoms with van der Waals surface area (Å²) in [6, 6.07) is 2.39. The average Bonchev–Trinajstić information content (AvgIpc) is 2.86. The van der Waals surface area contributed by atoms with Crippen LogP contribution in [0.5, 0.6) is 0 Å². The molecular formula is C13H16N4O4S. The van der Waals surface area contributed by atoms with Crippen LogP contribution in [0.4, 0.5) is 0 Å². The smallest absolute Gasteiger partial charge is 0.287 e. The number of nitrogens with zero attached hydrogens (tertiary/aromatic N) is 2. The Morgan fingerprint density at radius 1 is 1.23 bits per heavy atom. The minimum absolute atomic E-state index is 0.132. The molecule has 0 aliphatic heterocycles. The number of aryl methyl sites for hydroxylation is 3.